The summed E-state index contributed by atoms with van der Waals surface area (Å²) in [7, 11) is 0. The zero-order valence-corrected chi connectivity index (χ0v) is 9.89. The van der Waals surface area contributed by atoms with E-state index in [9.17, 15) is 13.2 Å². The van der Waals surface area contributed by atoms with Crippen LogP contribution < -0.4 is 5.73 Å². The Morgan fingerprint density at radius 3 is 2.28 bits per heavy atom. The Morgan fingerprint density at radius 2 is 1.67 bits per heavy atom. The van der Waals surface area contributed by atoms with Gasteiger partial charge in [-0.25, -0.2) is 13.2 Å². The highest BCUT2D eigenvalue weighted by atomic mass is 35.5. The lowest BCUT2D eigenvalue weighted by molar-refractivity contribution is 0.565. The molecule has 0 fully saturated rings. The quantitative estimate of drug-likeness (QED) is 0.883. The van der Waals surface area contributed by atoms with Crippen LogP contribution in [0.15, 0.2) is 36.4 Å². The Kier molecular flexibility index (Phi) is 3.59. The predicted molar refractivity (Wildman–Crippen MR) is 63.8 cm³/mol. The molecule has 2 aromatic rings. The third kappa shape index (κ3) is 2.49. The summed E-state index contributed by atoms with van der Waals surface area (Å²) >= 11 is 5.54. The van der Waals surface area contributed by atoms with Gasteiger partial charge in [0, 0.05) is 11.6 Å². The zero-order chi connectivity index (χ0) is 13.3. The highest BCUT2D eigenvalue weighted by Gasteiger charge is 2.15. The van der Waals surface area contributed by atoms with Crippen molar-refractivity contribution >= 4 is 11.6 Å². The van der Waals surface area contributed by atoms with Crippen LogP contribution in [0.1, 0.15) is 17.2 Å². The molecule has 0 saturated carbocycles. The lowest BCUT2D eigenvalue weighted by Crippen LogP contribution is -2.14. The van der Waals surface area contributed by atoms with E-state index in [-0.39, 0.29) is 10.6 Å². The van der Waals surface area contributed by atoms with Crippen molar-refractivity contribution in [2.45, 2.75) is 6.04 Å². The average molecular weight is 272 g/mol. The average Bonchev–Trinajstić information content (AvgIpc) is 2.32. The molecule has 0 spiro atoms. The normalized spacial score (nSPS) is 12.5. The molecule has 0 bridgehead atoms. The van der Waals surface area contributed by atoms with E-state index in [2.05, 4.69) is 0 Å². The summed E-state index contributed by atoms with van der Waals surface area (Å²) in [4.78, 5) is 0. The van der Waals surface area contributed by atoms with Gasteiger partial charge in [0.15, 0.2) is 0 Å². The van der Waals surface area contributed by atoms with Crippen molar-refractivity contribution in [3.8, 4) is 0 Å². The molecule has 1 unspecified atom stereocenters. The number of benzene rings is 2. The Balaban J connectivity index is 2.41. The third-order valence-corrected chi connectivity index (χ3v) is 2.91. The molecule has 0 aliphatic carbocycles. The van der Waals surface area contributed by atoms with E-state index in [4.69, 9.17) is 17.3 Å². The predicted octanol–water partition coefficient (Wildman–Crippen LogP) is 3.81. The van der Waals surface area contributed by atoms with Gasteiger partial charge in [0.2, 0.25) is 0 Å². The molecule has 5 heteroatoms. The molecule has 1 atom stereocenters. The van der Waals surface area contributed by atoms with E-state index in [0.717, 1.165) is 18.2 Å². The molecule has 0 amide bonds. The lowest BCUT2D eigenvalue weighted by Gasteiger charge is -2.14. The van der Waals surface area contributed by atoms with E-state index < -0.39 is 23.5 Å². The molecule has 0 radical (unpaired) electrons. The van der Waals surface area contributed by atoms with Crippen LogP contribution in [0.4, 0.5) is 13.2 Å². The van der Waals surface area contributed by atoms with Gasteiger partial charge in [-0.15, -0.1) is 0 Å². The molecular weight excluding hydrogens is 263 g/mol. The van der Waals surface area contributed by atoms with E-state index in [0.29, 0.717) is 5.56 Å². The first kappa shape index (κ1) is 12.9. The van der Waals surface area contributed by atoms with Crippen molar-refractivity contribution in [3.63, 3.8) is 0 Å². The molecule has 2 N–H and O–H groups in total. The molecule has 2 aromatic carbocycles. The standard InChI is InChI=1S/C13H9ClF3N/c14-10-4-1-7(5-12(10)17)13(18)9-3-2-8(15)6-11(9)16/h1-6,13H,18H2. The van der Waals surface area contributed by atoms with Crippen molar-refractivity contribution in [1.82, 2.24) is 0 Å². The fourth-order valence-electron chi connectivity index (χ4n) is 1.64. The van der Waals surface area contributed by atoms with Gasteiger partial charge in [-0.3, -0.25) is 0 Å². The SMILES string of the molecule is NC(c1ccc(Cl)c(F)c1)c1ccc(F)cc1F. The van der Waals surface area contributed by atoms with Crippen LogP contribution in [-0.2, 0) is 0 Å². The number of rotatable bonds is 2. The Labute approximate surface area is 107 Å². The zero-order valence-electron chi connectivity index (χ0n) is 9.13. The molecule has 0 heterocycles. The second-order valence-electron chi connectivity index (χ2n) is 3.82. The molecule has 2 rings (SSSR count). The van der Waals surface area contributed by atoms with Gasteiger partial charge in [0.1, 0.15) is 17.5 Å². The number of halogens is 4. The van der Waals surface area contributed by atoms with Gasteiger partial charge in [-0.2, -0.15) is 0 Å². The second kappa shape index (κ2) is 5.00. The maximum atomic E-state index is 13.5. The molecule has 1 nitrogen and oxygen atoms in total. The topological polar surface area (TPSA) is 26.0 Å². The third-order valence-electron chi connectivity index (χ3n) is 2.60. The number of hydrogen-bond acceptors (Lipinski definition) is 1. The van der Waals surface area contributed by atoms with Crippen LogP contribution in [-0.4, -0.2) is 0 Å². The monoisotopic (exact) mass is 271 g/mol. The summed E-state index contributed by atoms with van der Waals surface area (Å²) in [6.07, 6.45) is 0. The number of nitrogens with two attached hydrogens (primary N) is 1. The first-order valence-electron chi connectivity index (χ1n) is 5.14. The van der Waals surface area contributed by atoms with Crippen molar-refractivity contribution in [2.24, 2.45) is 5.73 Å². The minimum atomic E-state index is -0.877. The van der Waals surface area contributed by atoms with Crippen LogP contribution in [0.2, 0.25) is 5.02 Å². The van der Waals surface area contributed by atoms with E-state index >= 15 is 0 Å². The van der Waals surface area contributed by atoms with Crippen LogP contribution in [0.3, 0.4) is 0 Å². The molecule has 0 aliphatic heterocycles. The summed E-state index contributed by atoms with van der Waals surface area (Å²) in [5, 5.41) is -0.0365. The van der Waals surface area contributed by atoms with Gasteiger partial charge in [0.25, 0.3) is 0 Å². The molecule has 0 saturated heterocycles. The van der Waals surface area contributed by atoms with Gasteiger partial charge in [-0.1, -0.05) is 23.7 Å². The first-order valence-corrected chi connectivity index (χ1v) is 5.52. The molecular formula is C13H9ClF3N. The minimum Gasteiger partial charge on any atom is -0.320 e. The van der Waals surface area contributed by atoms with Crippen molar-refractivity contribution < 1.29 is 13.2 Å². The maximum absolute atomic E-state index is 13.5. The second-order valence-corrected chi connectivity index (χ2v) is 4.22. The fraction of sp³-hybridized carbons (Fsp3) is 0.0769. The van der Waals surface area contributed by atoms with Gasteiger partial charge in [0.05, 0.1) is 11.1 Å². The van der Waals surface area contributed by atoms with Crippen LogP contribution in [0.25, 0.3) is 0 Å². The van der Waals surface area contributed by atoms with Crippen LogP contribution in [0.5, 0.6) is 0 Å². The van der Waals surface area contributed by atoms with Crippen LogP contribution >= 0.6 is 11.6 Å². The Bertz CT molecular complexity index is 586. The van der Waals surface area contributed by atoms with E-state index in [1.807, 2.05) is 0 Å². The van der Waals surface area contributed by atoms with Gasteiger partial charge >= 0.3 is 0 Å². The van der Waals surface area contributed by atoms with Crippen molar-refractivity contribution in [1.29, 1.82) is 0 Å². The fourth-order valence-corrected chi connectivity index (χ4v) is 1.76. The van der Waals surface area contributed by atoms with E-state index in [1.165, 1.54) is 18.2 Å². The maximum Gasteiger partial charge on any atom is 0.142 e. The molecule has 0 aromatic heterocycles. The van der Waals surface area contributed by atoms with Crippen LogP contribution in [0, 0.1) is 17.5 Å². The minimum absolute atomic E-state index is 0.0365. The number of hydrogen-bond donors (Lipinski definition) is 1. The van der Waals surface area contributed by atoms with Crippen molar-refractivity contribution in [3.05, 3.63) is 70.0 Å². The van der Waals surface area contributed by atoms with Gasteiger partial charge in [-0.05, 0) is 23.8 Å². The smallest absolute Gasteiger partial charge is 0.142 e. The molecule has 0 aliphatic rings. The summed E-state index contributed by atoms with van der Waals surface area (Å²) in [5.41, 5.74) is 6.27. The van der Waals surface area contributed by atoms with E-state index in [1.54, 1.807) is 0 Å². The highest BCUT2D eigenvalue weighted by Crippen LogP contribution is 2.25. The largest absolute Gasteiger partial charge is 0.320 e. The Morgan fingerprint density at radius 1 is 0.944 bits per heavy atom. The highest BCUT2D eigenvalue weighted by molar-refractivity contribution is 6.30. The lowest BCUT2D eigenvalue weighted by atomic mass is 9.99. The summed E-state index contributed by atoms with van der Waals surface area (Å²) in [6.45, 7) is 0. The van der Waals surface area contributed by atoms with Crippen molar-refractivity contribution in [2.75, 3.05) is 0 Å². The molecule has 18 heavy (non-hydrogen) atoms. The first-order chi connectivity index (χ1) is 8.49. The molecule has 94 valence electrons. The summed E-state index contributed by atoms with van der Waals surface area (Å²) in [5.74, 6) is -2.09. The summed E-state index contributed by atoms with van der Waals surface area (Å²) in [6, 6.07) is 6.17. The Hall–Kier alpha value is -1.52. The van der Waals surface area contributed by atoms with Gasteiger partial charge < -0.3 is 5.73 Å². The summed E-state index contributed by atoms with van der Waals surface area (Å²) < 4.78 is 39.6.